The van der Waals surface area contributed by atoms with Crippen LogP contribution >= 0.6 is 0 Å². The smallest absolute Gasteiger partial charge is 0.248 e. The van der Waals surface area contributed by atoms with E-state index in [4.69, 9.17) is 0 Å². The van der Waals surface area contributed by atoms with Crippen LogP contribution in [0.3, 0.4) is 0 Å². The van der Waals surface area contributed by atoms with Crippen LogP contribution in [0.15, 0.2) is 77.6 Å². The predicted molar refractivity (Wildman–Crippen MR) is 125 cm³/mol. The van der Waals surface area contributed by atoms with Crippen molar-refractivity contribution in [2.75, 3.05) is 0 Å². The normalized spacial score (nSPS) is 12.0. The molecule has 1 heterocycles. The molecule has 4 nitrogen and oxygen atoms in total. The van der Waals surface area contributed by atoms with Crippen LogP contribution in [0.2, 0.25) is 0 Å². The number of fused-ring (bicyclic) bond motifs is 1. The fourth-order valence-corrected chi connectivity index (χ4v) is 4.11. The van der Waals surface area contributed by atoms with Gasteiger partial charge in [0.15, 0.2) is 0 Å². The van der Waals surface area contributed by atoms with Crippen LogP contribution in [0.1, 0.15) is 39.4 Å². The molecule has 1 aromatic heterocycles. The van der Waals surface area contributed by atoms with Crippen molar-refractivity contribution in [3.63, 3.8) is 0 Å². The summed E-state index contributed by atoms with van der Waals surface area (Å²) in [7, 11) is 0. The first-order chi connectivity index (χ1) is 14.9. The minimum atomic E-state index is -0.215. The fraction of sp³-hybridized carbons (Fsp3) is 0.185. The number of benzene rings is 3. The van der Waals surface area contributed by atoms with Crippen molar-refractivity contribution in [3.05, 3.63) is 117 Å². The van der Waals surface area contributed by atoms with Crippen LogP contribution in [0.4, 0.5) is 0 Å². The molecule has 0 saturated carbocycles. The molecule has 0 fully saturated rings. The molecule has 156 valence electrons. The van der Waals surface area contributed by atoms with Crippen molar-refractivity contribution in [2.45, 2.75) is 33.2 Å². The number of pyridine rings is 1. The molecule has 0 saturated heterocycles. The summed E-state index contributed by atoms with van der Waals surface area (Å²) in [5.74, 6) is -0.0461. The molecular weight excluding hydrogens is 384 g/mol. The highest BCUT2D eigenvalue weighted by Crippen LogP contribution is 2.26. The minimum absolute atomic E-state index is 0.0461. The molecule has 1 amide bonds. The third-order valence-corrected chi connectivity index (χ3v) is 5.65. The number of amides is 1. The third-order valence-electron chi connectivity index (χ3n) is 5.65. The van der Waals surface area contributed by atoms with Crippen LogP contribution in [-0.4, -0.2) is 10.9 Å². The van der Waals surface area contributed by atoms with Crippen LogP contribution in [0, 0.1) is 20.8 Å². The van der Waals surface area contributed by atoms with Gasteiger partial charge in [0.2, 0.25) is 11.5 Å². The standard InChI is InChI=1S/C27H26N2O2/c1-17-9-11-22(18(2)13-17)27(21-7-5-4-6-8-21)29-26(31)16-20-10-12-24-23(15-20)19(3)14-25(30)28-24/h4-15,27H,16H2,1-3H3,(H,28,30)(H,29,31). The molecule has 0 bridgehead atoms. The largest absolute Gasteiger partial charge is 0.345 e. The highest BCUT2D eigenvalue weighted by Gasteiger charge is 2.19. The van der Waals surface area contributed by atoms with E-state index in [0.717, 1.165) is 38.7 Å². The van der Waals surface area contributed by atoms with Crippen molar-refractivity contribution in [1.29, 1.82) is 0 Å². The van der Waals surface area contributed by atoms with E-state index in [2.05, 4.69) is 42.3 Å². The molecule has 0 radical (unpaired) electrons. The third kappa shape index (κ3) is 4.58. The lowest BCUT2D eigenvalue weighted by Crippen LogP contribution is -2.31. The Morgan fingerprint density at radius 2 is 1.68 bits per heavy atom. The lowest BCUT2D eigenvalue weighted by Gasteiger charge is -2.22. The molecule has 0 aliphatic rings. The van der Waals surface area contributed by atoms with E-state index in [9.17, 15) is 9.59 Å². The SMILES string of the molecule is Cc1ccc(C(NC(=O)Cc2ccc3[nH]c(=O)cc(C)c3c2)c2ccccc2)c(C)c1. The quantitative estimate of drug-likeness (QED) is 0.491. The molecular formula is C27H26N2O2. The van der Waals surface area contributed by atoms with Crippen LogP contribution in [-0.2, 0) is 11.2 Å². The molecule has 4 heteroatoms. The van der Waals surface area contributed by atoms with Crippen LogP contribution < -0.4 is 10.9 Å². The zero-order valence-corrected chi connectivity index (χ0v) is 18.0. The lowest BCUT2D eigenvalue weighted by molar-refractivity contribution is -0.120. The van der Waals surface area contributed by atoms with Gasteiger partial charge in [0, 0.05) is 17.0 Å². The van der Waals surface area contributed by atoms with Gasteiger partial charge in [0.25, 0.3) is 0 Å². The molecule has 0 aliphatic carbocycles. The van der Waals surface area contributed by atoms with Gasteiger partial charge in [-0.05, 0) is 60.7 Å². The maximum Gasteiger partial charge on any atom is 0.248 e. The summed E-state index contributed by atoms with van der Waals surface area (Å²) >= 11 is 0. The van der Waals surface area contributed by atoms with Gasteiger partial charge in [-0.15, -0.1) is 0 Å². The van der Waals surface area contributed by atoms with Crippen molar-refractivity contribution in [2.24, 2.45) is 0 Å². The average molecular weight is 411 g/mol. The lowest BCUT2D eigenvalue weighted by atomic mass is 9.93. The fourth-order valence-electron chi connectivity index (χ4n) is 4.11. The minimum Gasteiger partial charge on any atom is -0.345 e. The Labute approximate surface area is 182 Å². The molecule has 2 N–H and O–H groups in total. The Kier molecular flexibility index (Phi) is 5.72. The highest BCUT2D eigenvalue weighted by atomic mass is 16.1. The summed E-state index contributed by atoms with van der Waals surface area (Å²) in [6.45, 7) is 6.06. The number of H-pyrrole nitrogens is 1. The van der Waals surface area contributed by atoms with Crippen molar-refractivity contribution >= 4 is 16.8 Å². The average Bonchev–Trinajstić information content (AvgIpc) is 2.73. The number of aryl methyl sites for hydroxylation is 3. The molecule has 0 aliphatic heterocycles. The van der Waals surface area contributed by atoms with Gasteiger partial charge in [0.05, 0.1) is 12.5 Å². The van der Waals surface area contributed by atoms with E-state index < -0.39 is 0 Å². The van der Waals surface area contributed by atoms with Gasteiger partial charge in [-0.2, -0.15) is 0 Å². The number of rotatable bonds is 5. The second kappa shape index (κ2) is 8.60. The van der Waals surface area contributed by atoms with E-state index in [1.165, 1.54) is 5.56 Å². The summed E-state index contributed by atoms with van der Waals surface area (Å²) in [6, 6.07) is 23.5. The number of hydrogen-bond acceptors (Lipinski definition) is 2. The Hall–Kier alpha value is -3.66. The number of nitrogens with one attached hydrogen (secondary N) is 2. The van der Waals surface area contributed by atoms with Gasteiger partial charge in [-0.1, -0.05) is 60.2 Å². The van der Waals surface area contributed by atoms with Gasteiger partial charge in [0.1, 0.15) is 0 Å². The first-order valence-electron chi connectivity index (χ1n) is 10.4. The molecule has 1 unspecified atom stereocenters. The molecule has 0 spiro atoms. The zero-order chi connectivity index (χ0) is 22.0. The Balaban J connectivity index is 1.62. The summed E-state index contributed by atoms with van der Waals surface area (Å²) < 4.78 is 0. The summed E-state index contributed by atoms with van der Waals surface area (Å²) in [5, 5.41) is 4.19. The topological polar surface area (TPSA) is 62.0 Å². The Bertz CT molecular complexity index is 1310. The number of carbonyl (C=O) groups is 1. The molecule has 4 aromatic rings. The monoisotopic (exact) mass is 410 g/mol. The summed E-state index contributed by atoms with van der Waals surface area (Å²) in [5.41, 5.74) is 6.97. The van der Waals surface area contributed by atoms with E-state index in [1.54, 1.807) is 6.07 Å². The molecule has 3 aromatic carbocycles. The number of carbonyl (C=O) groups excluding carboxylic acids is 1. The van der Waals surface area contributed by atoms with E-state index in [0.29, 0.717) is 0 Å². The maximum atomic E-state index is 13.1. The predicted octanol–water partition coefficient (Wildman–Crippen LogP) is 4.90. The Morgan fingerprint density at radius 1 is 0.903 bits per heavy atom. The zero-order valence-electron chi connectivity index (χ0n) is 18.0. The first-order valence-corrected chi connectivity index (χ1v) is 10.4. The van der Waals surface area contributed by atoms with Gasteiger partial charge < -0.3 is 10.3 Å². The molecule has 1 atom stereocenters. The van der Waals surface area contributed by atoms with Crippen LogP contribution in [0.25, 0.3) is 10.9 Å². The molecule has 4 rings (SSSR count). The van der Waals surface area contributed by atoms with Gasteiger partial charge in [-0.3, -0.25) is 9.59 Å². The molecule has 31 heavy (non-hydrogen) atoms. The Morgan fingerprint density at radius 3 is 2.42 bits per heavy atom. The van der Waals surface area contributed by atoms with E-state index in [-0.39, 0.29) is 23.9 Å². The van der Waals surface area contributed by atoms with Crippen LogP contribution in [0.5, 0.6) is 0 Å². The number of hydrogen-bond donors (Lipinski definition) is 2. The maximum absolute atomic E-state index is 13.1. The highest BCUT2D eigenvalue weighted by molar-refractivity contribution is 5.85. The van der Waals surface area contributed by atoms with Gasteiger partial charge in [-0.25, -0.2) is 0 Å². The van der Waals surface area contributed by atoms with E-state index in [1.807, 2.05) is 55.5 Å². The first kappa shape index (κ1) is 20.6. The summed E-state index contributed by atoms with van der Waals surface area (Å²) in [4.78, 5) is 27.6. The number of aromatic nitrogens is 1. The van der Waals surface area contributed by atoms with Crippen molar-refractivity contribution in [3.8, 4) is 0 Å². The van der Waals surface area contributed by atoms with Gasteiger partial charge >= 0.3 is 0 Å². The summed E-state index contributed by atoms with van der Waals surface area (Å²) in [6.07, 6.45) is 0.267. The second-order valence-electron chi connectivity index (χ2n) is 8.14. The van der Waals surface area contributed by atoms with E-state index >= 15 is 0 Å². The van der Waals surface area contributed by atoms with Crippen molar-refractivity contribution < 1.29 is 4.79 Å². The second-order valence-corrected chi connectivity index (χ2v) is 8.14. The number of aromatic amines is 1. The van der Waals surface area contributed by atoms with Crippen molar-refractivity contribution in [1.82, 2.24) is 10.3 Å².